The molecule has 1 aromatic carbocycles. The Morgan fingerprint density at radius 2 is 2.21 bits per heavy atom. The fourth-order valence-corrected chi connectivity index (χ4v) is 2.64. The molecule has 1 saturated carbocycles. The summed E-state index contributed by atoms with van der Waals surface area (Å²) in [4.78, 5) is 25.0. The quantitative estimate of drug-likeness (QED) is 0.895. The third kappa shape index (κ3) is 2.23. The molecule has 2 amide bonds. The average Bonchev–Trinajstić information content (AvgIpc) is 2.60. The van der Waals surface area contributed by atoms with Crippen LogP contribution in [0.1, 0.15) is 30.4 Å². The zero-order chi connectivity index (χ0) is 13.4. The average molecular weight is 258 g/mol. The van der Waals surface area contributed by atoms with Crippen LogP contribution in [0.4, 0.5) is 5.69 Å². The maximum absolute atomic E-state index is 11.8. The summed E-state index contributed by atoms with van der Waals surface area (Å²) in [5, 5.41) is 2.98. The van der Waals surface area contributed by atoms with Crippen molar-refractivity contribution in [3.63, 3.8) is 0 Å². The third-order valence-electron chi connectivity index (χ3n) is 4.16. The Kier molecular flexibility index (Phi) is 3.01. The summed E-state index contributed by atoms with van der Waals surface area (Å²) in [6.07, 6.45) is 3.69. The smallest absolute Gasteiger partial charge is 0.231 e. The Morgan fingerprint density at radius 1 is 1.42 bits per heavy atom. The highest BCUT2D eigenvalue weighted by molar-refractivity contribution is 6.00. The van der Waals surface area contributed by atoms with E-state index in [1.807, 2.05) is 18.2 Å². The topological polar surface area (TPSA) is 49.4 Å². The number of hydrogen-bond acceptors (Lipinski definition) is 2. The Morgan fingerprint density at radius 3 is 2.89 bits per heavy atom. The number of anilines is 1. The molecule has 0 atom stereocenters. The molecule has 0 unspecified atom stereocenters. The first-order chi connectivity index (χ1) is 9.15. The summed E-state index contributed by atoms with van der Waals surface area (Å²) in [6, 6.07) is 5.97. The number of fused-ring (bicyclic) bond motifs is 1. The third-order valence-corrected chi connectivity index (χ3v) is 4.16. The van der Waals surface area contributed by atoms with Crippen molar-refractivity contribution in [1.29, 1.82) is 0 Å². The second-order valence-corrected chi connectivity index (χ2v) is 5.44. The molecular weight excluding hydrogens is 240 g/mol. The van der Waals surface area contributed by atoms with Crippen LogP contribution in [0.15, 0.2) is 18.2 Å². The van der Waals surface area contributed by atoms with Crippen LogP contribution in [0.3, 0.4) is 0 Å². The van der Waals surface area contributed by atoms with E-state index < -0.39 is 0 Å². The Hall–Kier alpha value is -1.84. The van der Waals surface area contributed by atoms with Gasteiger partial charge in [-0.25, -0.2) is 0 Å². The van der Waals surface area contributed by atoms with Gasteiger partial charge in [0.1, 0.15) is 0 Å². The summed E-state index contributed by atoms with van der Waals surface area (Å²) in [6.45, 7) is 0.556. The van der Waals surface area contributed by atoms with E-state index >= 15 is 0 Å². The van der Waals surface area contributed by atoms with Gasteiger partial charge in [-0.05, 0) is 30.0 Å². The van der Waals surface area contributed by atoms with Crippen LogP contribution in [0.25, 0.3) is 0 Å². The van der Waals surface area contributed by atoms with E-state index in [0.717, 1.165) is 29.7 Å². The van der Waals surface area contributed by atoms with E-state index in [4.69, 9.17) is 0 Å². The number of likely N-dealkylation sites (N-methyl/N-ethyl adjacent to an activating group) is 1. The fraction of sp³-hybridized carbons (Fsp3) is 0.467. The standard InChI is InChI=1S/C15H18N2O2/c1-17-13-6-5-10(7-12(13)8-14(17)18)9-16-15(19)11-3-2-4-11/h5-7,11H,2-4,8-9H2,1H3,(H,16,19). The summed E-state index contributed by atoms with van der Waals surface area (Å²) < 4.78 is 0. The van der Waals surface area contributed by atoms with Crippen molar-refractivity contribution >= 4 is 17.5 Å². The largest absolute Gasteiger partial charge is 0.352 e. The minimum absolute atomic E-state index is 0.130. The lowest BCUT2D eigenvalue weighted by atomic mass is 9.85. The summed E-state index contributed by atoms with van der Waals surface area (Å²) in [5.41, 5.74) is 3.11. The first-order valence-corrected chi connectivity index (χ1v) is 6.81. The van der Waals surface area contributed by atoms with Crippen LogP contribution in [-0.4, -0.2) is 18.9 Å². The molecule has 0 spiro atoms. The molecule has 4 nitrogen and oxygen atoms in total. The molecule has 3 rings (SSSR count). The van der Waals surface area contributed by atoms with Gasteiger partial charge in [0.2, 0.25) is 11.8 Å². The van der Waals surface area contributed by atoms with Crippen LogP contribution in [0.5, 0.6) is 0 Å². The normalized spacial score (nSPS) is 18.2. The van der Waals surface area contributed by atoms with Gasteiger partial charge in [-0.2, -0.15) is 0 Å². The lowest BCUT2D eigenvalue weighted by Crippen LogP contribution is -2.33. The second-order valence-electron chi connectivity index (χ2n) is 5.44. The van der Waals surface area contributed by atoms with Gasteiger partial charge >= 0.3 is 0 Å². The summed E-state index contributed by atoms with van der Waals surface area (Å²) in [7, 11) is 1.80. The number of carbonyl (C=O) groups is 2. The number of nitrogens with zero attached hydrogens (tertiary/aromatic N) is 1. The monoisotopic (exact) mass is 258 g/mol. The molecule has 2 aliphatic rings. The highest BCUT2D eigenvalue weighted by atomic mass is 16.2. The molecule has 100 valence electrons. The Labute approximate surface area is 112 Å². The maximum atomic E-state index is 11.8. The molecule has 1 aliphatic carbocycles. The van der Waals surface area contributed by atoms with Crippen molar-refractivity contribution in [3.8, 4) is 0 Å². The minimum atomic E-state index is 0.130. The molecule has 0 saturated heterocycles. The van der Waals surface area contributed by atoms with E-state index in [0.29, 0.717) is 13.0 Å². The van der Waals surface area contributed by atoms with Crippen molar-refractivity contribution in [2.24, 2.45) is 5.92 Å². The Balaban J connectivity index is 1.65. The molecule has 1 aromatic rings. The van der Waals surface area contributed by atoms with Crippen molar-refractivity contribution in [2.45, 2.75) is 32.2 Å². The maximum Gasteiger partial charge on any atom is 0.231 e. The molecular formula is C15H18N2O2. The van der Waals surface area contributed by atoms with Gasteiger partial charge in [-0.1, -0.05) is 18.6 Å². The van der Waals surface area contributed by atoms with Gasteiger partial charge in [-0.3, -0.25) is 9.59 Å². The molecule has 0 radical (unpaired) electrons. The molecule has 1 aliphatic heterocycles. The van der Waals surface area contributed by atoms with E-state index in [9.17, 15) is 9.59 Å². The van der Waals surface area contributed by atoms with Crippen LogP contribution < -0.4 is 10.2 Å². The molecule has 0 aromatic heterocycles. The predicted molar refractivity (Wildman–Crippen MR) is 72.7 cm³/mol. The number of benzene rings is 1. The zero-order valence-electron chi connectivity index (χ0n) is 11.1. The Bertz CT molecular complexity index is 535. The minimum Gasteiger partial charge on any atom is -0.352 e. The molecule has 4 heteroatoms. The molecule has 1 fully saturated rings. The summed E-state index contributed by atoms with van der Waals surface area (Å²) >= 11 is 0. The first kappa shape index (κ1) is 12.2. The number of carbonyl (C=O) groups excluding carboxylic acids is 2. The lowest BCUT2D eigenvalue weighted by molar-refractivity contribution is -0.127. The van der Waals surface area contributed by atoms with E-state index in [1.54, 1.807) is 11.9 Å². The van der Waals surface area contributed by atoms with Crippen molar-refractivity contribution in [3.05, 3.63) is 29.3 Å². The van der Waals surface area contributed by atoms with E-state index in [-0.39, 0.29) is 17.7 Å². The SMILES string of the molecule is CN1C(=O)Cc2cc(CNC(=O)C3CCC3)ccc21. The van der Waals surface area contributed by atoms with Crippen molar-refractivity contribution in [2.75, 3.05) is 11.9 Å². The zero-order valence-corrected chi connectivity index (χ0v) is 11.1. The molecule has 0 bridgehead atoms. The fourth-order valence-electron chi connectivity index (χ4n) is 2.64. The highest BCUT2D eigenvalue weighted by Gasteiger charge is 2.26. The number of hydrogen-bond donors (Lipinski definition) is 1. The van der Waals surface area contributed by atoms with Gasteiger partial charge in [0.05, 0.1) is 6.42 Å². The van der Waals surface area contributed by atoms with Crippen LogP contribution in [0.2, 0.25) is 0 Å². The van der Waals surface area contributed by atoms with Crippen LogP contribution in [0, 0.1) is 5.92 Å². The van der Waals surface area contributed by atoms with E-state index in [2.05, 4.69) is 5.32 Å². The van der Waals surface area contributed by atoms with Gasteiger partial charge < -0.3 is 10.2 Å². The highest BCUT2D eigenvalue weighted by Crippen LogP contribution is 2.29. The molecule has 1 heterocycles. The van der Waals surface area contributed by atoms with Crippen molar-refractivity contribution < 1.29 is 9.59 Å². The van der Waals surface area contributed by atoms with Gasteiger partial charge in [0.15, 0.2) is 0 Å². The van der Waals surface area contributed by atoms with Crippen LogP contribution in [-0.2, 0) is 22.6 Å². The van der Waals surface area contributed by atoms with Gasteiger partial charge in [0.25, 0.3) is 0 Å². The predicted octanol–water partition coefficient (Wildman–Crippen LogP) is 1.62. The van der Waals surface area contributed by atoms with E-state index in [1.165, 1.54) is 6.42 Å². The van der Waals surface area contributed by atoms with Crippen molar-refractivity contribution in [1.82, 2.24) is 5.32 Å². The first-order valence-electron chi connectivity index (χ1n) is 6.81. The lowest BCUT2D eigenvalue weighted by Gasteiger charge is -2.24. The van der Waals surface area contributed by atoms with Gasteiger partial charge in [-0.15, -0.1) is 0 Å². The second kappa shape index (κ2) is 4.68. The number of nitrogens with one attached hydrogen (secondary N) is 1. The number of amides is 2. The van der Waals surface area contributed by atoms with Gasteiger partial charge in [0, 0.05) is 25.2 Å². The molecule has 19 heavy (non-hydrogen) atoms. The number of rotatable bonds is 3. The van der Waals surface area contributed by atoms with Crippen LogP contribution >= 0.6 is 0 Å². The summed E-state index contributed by atoms with van der Waals surface area (Å²) in [5.74, 6) is 0.521. The molecule has 1 N–H and O–H groups in total.